The molecular weight excluding hydrogens is 356 g/mol. The molecule has 8 heteroatoms. The summed E-state index contributed by atoms with van der Waals surface area (Å²) in [6.07, 6.45) is 4.40. The minimum absolute atomic E-state index is 0. The van der Waals surface area contributed by atoms with E-state index in [1.807, 2.05) is 0 Å². The van der Waals surface area contributed by atoms with E-state index in [0.29, 0.717) is 17.1 Å². The molecule has 3 rings (SSSR count). The Balaban J connectivity index is 0.00000208. The van der Waals surface area contributed by atoms with E-state index in [9.17, 15) is 13.6 Å². The first-order valence-electron chi connectivity index (χ1n) is 7.49. The quantitative estimate of drug-likeness (QED) is 0.782. The van der Waals surface area contributed by atoms with E-state index in [2.05, 4.69) is 15.6 Å². The molecule has 1 aliphatic rings. The maximum absolute atomic E-state index is 13.6. The summed E-state index contributed by atoms with van der Waals surface area (Å²) in [4.78, 5) is 16.7. The van der Waals surface area contributed by atoms with Crippen molar-refractivity contribution >= 4 is 34.8 Å². The molecule has 1 amide bonds. The molecule has 2 N–H and O–H groups in total. The number of thiazole rings is 1. The van der Waals surface area contributed by atoms with Gasteiger partial charge in [0, 0.05) is 23.6 Å². The molecule has 0 saturated heterocycles. The third kappa shape index (κ3) is 5.51. The van der Waals surface area contributed by atoms with Gasteiger partial charge in [0.05, 0.1) is 6.54 Å². The summed E-state index contributed by atoms with van der Waals surface area (Å²) in [7, 11) is 0. The van der Waals surface area contributed by atoms with Crippen LogP contribution in [0.1, 0.15) is 23.3 Å². The van der Waals surface area contributed by atoms with Crippen LogP contribution in [0.5, 0.6) is 0 Å². The summed E-state index contributed by atoms with van der Waals surface area (Å²) >= 11 is 1.29. The minimum atomic E-state index is -0.595. The maximum Gasteiger partial charge on any atom is 0.240 e. The van der Waals surface area contributed by atoms with Crippen molar-refractivity contribution in [3.8, 4) is 0 Å². The second kappa shape index (κ2) is 8.50. The molecule has 1 saturated carbocycles. The molecule has 0 unspecified atom stereocenters. The van der Waals surface area contributed by atoms with Gasteiger partial charge in [-0.25, -0.2) is 13.8 Å². The summed E-state index contributed by atoms with van der Waals surface area (Å²) in [5.74, 6) is -0.588. The van der Waals surface area contributed by atoms with Crippen LogP contribution in [0.15, 0.2) is 24.4 Å². The number of carbonyl (C=O) groups excluding carboxylic acids is 1. The van der Waals surface area contributed by atoms with Crippen molar-refractivity contribution in [2.45, 2.75) is 19.3 Å². The van der Waals surface area contributed by atoms with Crippen LogP contribution in [-0.4, -0.2) is 24.0 Å². The lowest BCUT2D eigenvalue weighted by Crippen LogP contribution is -2.29. The number of nitrogens with one attached hydrogen (secondary N) is 2. The highest BCUT2D eigenvalue weighted by atomic mass is 35.5. The Labute approximate surface area is 149 Å². The molecule has 0 radical (unpaired) electrons. The smallest absolute Gasteiger partial charge is 0.240 e. The van der Waals surface area contributed by atoms with Gasteiger partial charge < -0.3 is 10.6 Å². The third-order valence-corrected chi connectivity index (χ3v) is 4.51. The molecule has 24 heavy (non-hydrogen) atoms. The van der Waals surface area contributed by atoms with E-state index < -0.39 is 11.6 Å². The monoisotopic (exact) mass is 373 g/mol. The molecule has 1 heterocycles. The van der Waals surface area contributed by atoms with Gasteiger partial charge in [-0.15, -0.1) is 23.7 Å². The molecule has 1 aromatic carbocycles. The number of halogens is 3. The van der Waals surface area contributed by atoms with Crippen LogP contribution < -0.4 is 10.6 Å². The molecule has 1 aromatic heterocycles. The standard InChI is InChI=1S/C16H17F2N3OS.ClH/c17-12-4-3-11(14(18)6-12)5-13-8-20-16(23-13)21-15(22)9-19-7-10-1-2-10;/h3-4,6,8,10,19H,1-2,5,7,9H2,(H,20,21,22);1H. The lowest BCUT2D eigenvalue weighted by atomic mass is 10.1. The lowest BCUT2D eigenvalue weighted by Gasteiger charge is -2.03. The number of aromatic nitrogens is 1. The Hall–Kier alpha value is -1.57. The first-order chi connectivity index (χ1) is 11.1. The average molecular weight is 374 g/mol. The molecule has 0 bridgehead atoms. The molecule has 130 valence electrons. The van der Waals surface area contributed by atoms with Gasteiger partial charge in [-0.1, -0.05) is 6.07 Å². The predicted molar refractivity (Wildman–Crippen MR) is 92.7 cm³/mol. The van der Waals surface area contributed by atoms with Crippen molar-refractivity contribution in [1.82, 2.24) is 10.3 Å². The molecule has 0 spiro atoms. The highest BCUT2D eigenvalue weighted by Crippen LogP contribution is 2.27. The number of hydrogen-bond acceptors (Lipinski definition) is 4. The minimum Gasteiger partial charge on any atom is -0.308 e. The van der Waals surface area contributed by atoms with Gasteiger partial charge >= 0.3 is 0 Å². The van der Waals surface area contributed by atoms with Crippen molar-refractivity contribution in [2.24, 2.45) is 5.92 Å². The average Bonchev–Trinajstić information content (AvgIpc) is 3.22. The van der Waals surface area contributed by atoms with Crippen molar-refractivity contribution < 1.29 is 13.6 Å². The van der Waals surface area contributed by atoms with Crippen LogP contribution in [0.4, 0.5) is 13.9 Å². The zero-order chi connectivity index (χ0) is 16.2. The van der Waals surface area contributed by atoms with Gasteiger partial charge in [-0.05, 0) is 36.9 Å². The van der Waals surface area contributed by atoms with E-state index >= 15 is 0 Å². The second-order valence-corrected chi connectivity index (χ2v) is 6.78. The Morgan fingerprint density at radius 3 is 2.83 bits per heavy atom. The van der Waals surface area contributed by atoms with Gasteiger partial charge in [-0.2, -0.15) is 0 Å². The SMILES string of the molecule is Cl.O=C(CNCC1CC1)Nc1ncc(Cc2ccc(F)cc2F)s1. The van der Waals surface area contributed by atoms with E-state index in [1.54, 1.807) is 6.20 Å². The lowest BCUT2D eigenvalue weighted by molar-refractivity contribution is -0.115. The predicted octanol–water partition coefficient (Wildman–Crippen LogP) is 3.37. The molecule has 0 atom stereocenters. The second-order valence-electron chi connectivity index (χ2n) is 5.67. The Morgan fingerprint density at radius 2 is 2.12 bits per heavy atom. The van der Waals surface area contributed by atoms with Crippen LogP contribution in [-0.2, 0) is 11.2 Å². The van der Waals surface area contributed by atoms with Gasteiger partial charge in [-0.3, -0.25) is 4.79 Å². The van der Waals surface area contributed by atoms with Crippen molar-refractivity contribution in [3.05, 3.63) is 46.5 Å². The Bertz CT molecular complexity index is 706. The van der Waals surface area contributed by atoms with Crippen LogP contribution >= 0.6 is 23.7 Å². The number of benzene rings is 1. The van der Waals surface area contributed by atoms with Gasteiger partial charge in [0.1, 0.15) is 11.6 Å². The summed E-state index contributed by atoms with van der Waals surface area (Å²) in [5, 5.41) is 6.31. The van der Waals surface area contributed by atoms with E-state index in [0.717, 1.165) is 23.4 Å². The largest absolute Gasteiger partial charge is 0.308 e. The number of rotatable bonds is 7. The number of carbonyl (C=O) groups is 1. The molecule has 2 aromatic rings. The normalized spacial score (nSPS) is 13.4. The molecule has 1 aliphatic carbocycles. The Morgan fingerprint density at radius 1 is 1.33 bits per heavy atom. The number of nitrogens with zero attached hydrogens (tertiary/aromatic N) is 1. The fraction of sp³-hybridized carbons (Fsp3) is 0.375. The zero-order valence-electron chi connectivity index (χ0n) is 12.9. The van der Waals surface area contributed by atoms with Crippen LogP contribution in [0.25, 0.3) is 0 Å². The number of anilines is 1. The molecule has 1 fully saturated rings. The van der Waals surface area contributed by atoms with Gasteiger partial charge in [0.25, 0.3) is 0 Å². The van der Waals surface area contributed by atoms with E-state index in [-0.39, 0.29) is 24.9 Å². The van der Waals surface area contributed by atoms with E-state index in [4.69, 9.17) is 0 Å². The van der Waals surface area contributed by atoms with Gasteiger partial charge in [0.15, 0.2) is 5.13 Å². The number of hydrogen-bond donors (Lipinski definition) is 2. The Kier molecular flexibility index (Phi) is 6.65. The fourth-order valence-electron chi connectivity index (χ4n) is 2.18. The summed E-state index contributed by atoms with van der Waals surface area (Å²) < 4.78 is 26.5. The van der Waals surface area contributed by atoms with Crippen molar-refractivity contribution in [3.63, 3.8) is 0 Å². The highest BCUT2D eigenvalue weighted by Gasteiger charge is 2.20. The number of amides is 1. The summed E-state index contributed by atoms with van der Waals surface area (Å²) in [5.41, 5.74) is 0.402. The molecule has 0 aliphatic heterocycles. The summed E-state index contributed by atoms with van der Waals surface area (Å²) in [6.45, 7) is 1.14. The first kappa shape index (κ1) is 18.8. The van der Waals surface area contributed by atoms with Crippen molar-refractivity contribution in [1.29, 1.82) is 0 Å². The third-order valence-electron chi connectivity index (χ3n) is 3.60. The maximum atomic E-state index is 13.6. The van der Waals surface area contributed by atoms with E-state index in [1.165, 1.54) is 36.3 Å². The zero-order valence-corrected chi connectivity index (χ0v) is 14.5. The summed E-state index contributed by atoms with van der Waals surface area (Å²) in [6, 6.07) is 3.52. The molecule has 4 nitrogen and oxygen atoms in total. The molecular formula is C16H18ClF2N3OS. The van der Waals surface area contributed by atoms with Crippen LogP contribution in [0.3, 0.4) is 0 Å². The highest BCUT2D eigenvalue weighted by molar-refractivity contribution is 7.15. The van der Waals surface area contributed by atoms with Crippen LogP contribution in [0, 0.1) is 17.6 Å². The van der Waals surface area contributed by atoms with Gasteiger partial charge in [0.2, 0.25) is 5.91 Å². The van der Waals surface area contributed by atoms with Crippen molar-refractivity contribution in [2.75, 3.05) is 18.4 Å². The van der Waals surface area contributed by atoms with Crippen LogP contribution in [0.2, 0.25) is 0 Å². The first-order valence-corrected chi connectivity index (χ1v) is 8.31. The topological polar surface area (TPSA) is 54.0 Å². The fourth-order valence-corrected chi connectivity index (χ4v) is 3.03.